The summed E-state index contributed by atoms with van der Waals surface area (Å²) in [5.74, 6) is -0.00937. The van der Waals surface area contributed by atoms with E-state index in [2.05, 4.69) is 20.9 Å². The molecule has 0 bridgehead atoms. The molecule has 0 fully saturated rings. The Morgan fingerprint density at radius 1 is 1.00 bits per heavy atom. The van der Waals surface area contributed by atoms with Gasteiger partial charge in [-0.2, -0.15) is 0 Å². The number of nitrogens with zero attached hydrogens (tertiary/aromatic N) is 1. The molecule has 0 radical (unpaired) electrons. The zero-order valence-electron chi connectivity index (χ0n) is 10.9. The number of aromatic nitrogens is 1. The number of aryl methyl sites for hydroxylation is 1. The predicted octanol–water partition coefficient (Wildman–Crippen LogP) is 4.54. The maximum atomic E-state index is 12.8. The molecule has 3 rings (SSSR count). The van der Waals surface area contributed by atoms with E-state index in [1.54, 1.807) is 12.4 Å². The van der Waals surface area contributed by atoms with Crippen LogP contribution in [0.15, 0.2) is 59.3 Å². The summed E-state index contributed by atoms with van der Waals surface area (Å²) < 4.78 is 0.845. The molecule has 0 N–H and O–H groups in total. The average Bonchev–Trinajstić information content (AvgIpc) is 2.49. The molecule has 2 aromatic carbocycles. The van der Waals surface area contributed by atoms with Crippen LogP contribution in [0.3, 0.4) is 0 Å². The standard InChI is InChI=1S/C17H12BrNO/c1-11-5-4-8-14(16(11)18)17(20)15-10-19-9-12-6-2-3-7-13(12)15/h2-10H,1H3. The Balaban J connectivity index is 2.21. The zero-order chi connectivity index (χ0) is 14.1. The molecule has 0 aliphatic heterocycles. The van der Waals surface area contributed by atoms with Crippen molar-refractivity contribution in [1.82, 2.24) is 4.98 Å². The molecule has 3 aromatic rings. The van der Waals surface area contributed by atoms with Gasteiger partial charge in [0.05, 0.1) is 0 Å². The Morgan fingerprint density at radius 2 is 1.80 bits per heavy atom. The van der Waals surface area contributed by atoms with Gasteiger partial charge in [0.15, 0.2) is 5.78 Å². The smallest absolute Gasteiger partial charge is 0.196 e. The molecule has 0 aliphatic carbocycles. The summed E-state index contributed by atoms with van der Waals surface area (Å²) in [5.41, 5.74) is 2.35. The van der Waals surface area contributed by atoms with Crippen molar-refractivity contribution < 1.29 is 4.79 Å². The van der Waals surface area contributed by atoms with Gasteiger partial charge >= 0.3 is 0 Å². The Bertz CT molecular complexity index is 806. The number of halogens is 1. The van der Waals surface area contributed by atoms with Gasteiger partial charge in [-0.15, -0.1) is 0 Å². The highest BCUT2D eigenvalue weighted by Crippen LogP contribution is 2.26. The fraction of sp³-hybridized carbons (Fsp3) is 0.0588. The van der Waals surface area contributed by atoms with Crippen molar-refractivity contribution in [3.05, 3.63) is 76.0 Å². The van der Waals surface area contributed by atoms with Crippen LogP contribution in [0, 0.1) is 6.92 Å². The van der Waals surface area contributed by atoms with Crippen LogP contribution < -0.4 is 0 Å². The van der Waals surface area contributed by atoms with Crippen molar-refractivity contribution in [2.45, 2.75) is 6.92 Å². The van der Waals surface area contributed by atoms with Gasteiger partial charge < -0.3 is 0 Å². The minimum atomic E-state index is -0.00937. The molecule has 98 valence electrons. The summed E-state index contributed by atoms with van der Waals surface area (Å²) in [6.07, 6.45) is 3.41. The molecule has 0 amide bonds. The second-order valence-corrected chi connectivity index (χ2v) is 5.47. The minimum Gasteiger partial charge on any atom is -0.288 e. The highest BCUT2D eigenvalue weighted by Gasteiger charge is 2.16. The van der Waals surface area contributed by atoms with Gasteiger partial charge in [-0.3, -0.25) is 9.78 Å². The van der Waals surface area contributed by atoms with Gasteiger partial charge in [-0.1, -0.05) is 36.4 Å². The summed E-state index contributed by atoms with van der Waals surface area (Å²) in [6.45, 7) is 1.97. The minimum absolute atomic E-state index is 0.00937. The number of carbonyl (C=O) groups is 1. The van der Waals surface area contributed by atoms with E-state index >= 15 is 0 Å². The highest BCUT2D eigenvalue weighted by molar-refractivity contribution is 9.10. The Kier molecular flexibility index (Phi) is 3.36. The molecular weight excluding hydrogens is 314 g/mol. The van der Waals surface area contributed by atoms with E-state index in [0.29, 0.717) is 11.1 Å². The normalized spacial score (nSPS) is 10.7. The van der Waals surface area contributed by atoms with Crippen molar-refractivity contribution in [1.29, 1.82) is 0 Å². The largest absolute Gasteiger partial charge is 0.288 e. The highest BCUT2D eigenvalue weighted by atomic mass is 79.9. The van der Waals surface area contributed by atoms with Crippen LogP contribution >= 0.6 is 15.9 Å². The third-order valence-electron chi connectivity index (χ3n) is 3.35. The molecule has 3 heteroatoms. The van der Waals surface area contributed by atoms with E-state index < -0.39 is 0 Å². The third-order valence-corrected chi connectivity index (χ3v) is 4.40. The van der Waals surface area contributed by atoms with Crippen molar-refractivity contribution >= 4 is 32.5 Å². The van der Waals surface area contributed by atoms with Gasteiger partial charge in [0.25, 0.3) is 0 Å². The van der Waals surface area contributed by atoms with Crippen molar-refractivity contribution in [3.8, 4) is 0 Å². The van der Waals surface area contributed by atoms with E-state index in [1.165, 1.54) is 0 Å². The molecule has 20 heavy (non-hydrogen) atoms. The topological polar surface area (TPSA) is 30.0 Å². The maximum Gasteiger partial charge on any atom is 0.196 e. The van der Waals surface area contributed by atoms with Crippen LogP contribution in [-0.2, 0) is 0 Å². The third kappa shape index (κ3) is 2.14. The van der Waals surface area contributed by atoms with Gasteiger partial charge in [0.1, 0.15) is 0 Å². The number of pyridine rings is 1. The number of benzene rings is 2. The number of hydrogen-bond acceptors (Lipinski definition) is 2. The SMILES string of the molecule is Cc1cccc(C(=O)c2cncc3ccccc23)c1Br. The number of rotatable bonds is 2. The van der Waals surface area contributed by atoms with Crippen LogP contribution in [0.4, 0.5) is 0 Å². The van der Waals surface area contributed by atoms with E-state index in [0.717, 1.165) is 20.8 Å². The average molecular weight is 326 g/mol. The number of carbonyl (C=O) groups excluding carboxylic acids is 1. The van der Waals surface area contributed by atoms with Crippen molar-refractivity contribution in [2.24, 2.45) is 0 Å². The predicted molar refractivity (Wildman–Crippen MR) is 84.1 cm³/mol. The van der Waals surface area contributed by atoms with Gasteiger partial charge in [-0.05, 0) is 39.9 Å². The first-order valence-electron chi connectivity index (χ1n) is 6.31. The number of ketones is 1. The van der Waals surface area contributed by atoms with Crippen molar-refractivity contribution in [2.75, 3.05) is 0 Å². The number of fused-ring (bicyclic) bond motifs is 1. The Morgan fingerprint density at radius 3 is 2.65 bits per heavy atom. The molecule has 1 aromatic heterocycles. The molecule has 1 heterocycles. The first kappa shape index (κ1) is 13.0. The maximum absolute atomic E-state index is 12.8. The lowest BCUT2D eigenvalue weighted by Crippen LogP contribution is -2.04. The van der Waals surface area contributed by atoms with Crippen LogP contribution in [0.2, 0.25) is 0 Å². The lowest BCUT2D eigenvalue weighted by atomic mass is 9.98. The van der Waals surface area contributed by atoms with Gasteiger partial charge in [0, 0.05) is 33.4 Å². The van der Waals surface area contributed by atoms with Gasteiger partial charge in [0.2, 0.25) is 0 Å². The first-order valence-corrected chi connectivity index (χ1v) is 7.10. The molecule has 0 unspecified atom stereocenters. The van der Waals surface area contributed by atoms with Crippen molar-refractivity contribution in [3.63, 3.8) is 0 Å². The molecular formula is C17H12BrNO. The Hall–Kier alpha value is -2.00. The second kappa shape index (κ2) is 5.17. The summed E-state index contributed by atoms with van der Waals surface area (Å²) in [6, 6.07) is 13.5. The zero-order valence-corrected chi connectivity index (χ0v) is 12.5. The lowest BCUT2D eigenvalue weighted by molar-refractivity contribution is 0.103. The molecule has 0 spiro atoms. The summed E-state index contributed by atoms with van der Waals surface area (Å²) in [5, 5.41) is 1.91. The first-order chi connectivity index (χ1) is 9.68. The van der Waals surface area contributed by atoms with E-state index in [1.807, 2.05) is 49.4 Å². The molecule has 0 saturated heterocycles. The lowest BCUT2D eigenvalue weighted by Gasteiger charge is -2.08. The monoisotopic (exact) mass is 325 g/mol. The summed E-state index contributed by atoms with van der Waals surface area (Å²) in [7, 11) is 0. The summed E-state index contributed by atoms with van der Waals surface area (Å²) >= 11 is 3.50. The molecule has 0 aliphatic rings. The fourth-order valence-corrected chi connectivity index (χ4v) is 2.71. The van der Waals surface area contributed by atoms with E-state index in [9.17, 15) is 4.79 Å². The van der Waals surface area contributed by atoms with Gasteiger partial charge in [-0.25, -0.2) is 0 Å². The molecule has 2 nitrogen and oxygen atoms in total. The Labute approximate surface area is 125 Å². The summed E-state index contributed by atoms with van der Waals surface area (Å²) in [4.78, 5) is 16.9. The van der Waals surface area contributed by atoms with Crippen LogP contribution in [0.25, 0.3) is 10.8 Å². The van der Waals surface area contributed by atoms with Crippen LogP contribution in [0.5, 0.6) is 0 Å². The quantitative estimate of drug-likeness (QED) is 0.647. The molecule has 0 saturated carbocycles. The van der Waals surface area contributed by atoms with Crippen LogP contribution in [-0.4, -0.2) is 10.8 Å². The van der Waals surface area contributed by atoms with Crippen LogP contribution in [0.1, 0.15) is 21.5 Å². The van der Waals surface area contributed by atoms with E-state index in [4.69, 9.17) is 0 Å². The number of hydrogen-bond donors (Lipinski definition) is 0. The fourth-order valence-electron chi connectivity index (χ4n) is 2.27. The van der Waals surface area contributed by atoms with E-state index in [-0.39, 0.29) is 5.78 Å². The second-order valence-electron chi connectivity index (χ2n) is 4.67. The molecule has 0 atom stereocenters.